The van der Waals surface area contributed by atoms with Crippen LogP contribution in [0, 0.1) is 18.3 Å². The Balaban J connectivity index is 1.93. The van der Waals surface area contributed by atoms with E-state index in [2.05, 4.69) is 18.3 Å². The number of aryl methyl sites for hydroxylation is 1. The predicted octanol–water partition coefficient (Wildman–Crippen LogP) is 3.10. The van der Waals surface area contributed by atoms with E-state index in [9.17, 15) is 4.79 Å². The van der Waals surface area contributed by atoms with Crippen molar-refractivity contribution in [2.24, 2.45) is 0 Å². The number of ether oxygens (including phenoxy) is 1. The largest absolute Gasteiger partial charge is 0.489 e. The smallest absolute Gasteiger partial charge is 0.234 e. The van der Waals surface area contributed by atoms with Gasteiger partial charge in [0.1, 0.15) is 18.8 Å². The van der Waals surface area contributed by atoms with Gasteiger partial charge >= 0.3 is 0 Å². The summed E-state index contributed by atoms with van der Waals surface area (Å²) in [5, 5.41) is 11.1. The molecule has 0 spiro atoms. The van der Waals surface area contributed by atoms with Gasteiger partial charge in [-0.15, -0.1) is 0 Å². The summed E-state index contributed by atoms with van der Waals surface area (Å²) in [7, 11) is 0. The van der Waals surface area contributed by atoms with Gasteiger partial charge in [-0.25, -0.2) is 0 Å². The monoisotopic (exact) mass is 294 g/mol. The highest BCUT2D eigenvalue weighted by Crippen LogP contribution is 2.16. The Morgan fingerprint density at radius 3 is 2.82 bits per heavy atom. The minimum atomic E-state index is -0.270. The van der Waals surface area contributed by atoms with E-state index in [1.165, 1.54) is 5.56 Å². The van der Waals surface area contributed by atoms with Crippen molar-refractivity contribution in [3.8, 4) is 11.8 Å². The second kappa shape index (κ2) is 7.84. The normalized spacial score (nSPS) is 9.82. The average molecular weight is 294 g/mol. The van der Waals surface area contributed by atoms with Gasteiger partial charge < -0.3 is 10.1 Å². The van der Waals surface area contributed by atoms with Crippen molar-refractivity contribution in [2.75, 3.05) is 0 Å². The first-order valence-electron chi connectivity index (χ1n) is 7.09. The number of nitrogens with zero attached hydrogens (tertiary/aromatic N) is 1. The van der Waals surface area contributed by atoms with Crippen molar-refractivity contribution in [2.45, 2.75) is 26.5 Å². The average Bonchev–Trinajstić information content (AvgIpc) is 2.53. The molecule has 0 aliphatic rings. The van der Waals surface area contributed by atoms with Crippen molar-refractivity contribution in [3.63, 3.8) is 0 Å². The summed E-state index contributed by atoms with van der Waals surface area (Å²) in [6.45, 7) is 2.96. The zero-order valence-electron chi connectivity index (χ0n) is 12.5. The second-order valence-corrected chi connectivity index (χ2v) is 4.97. The van der Waals surface area contributed by atoms with E-state index in [-0.39, 0.29) is 12.3 Å². The zero-order chi connectivity index (χ0) is 15.8. The minimum Gasteiger partial charge on any atom is -0.489 e. The van der Waals surface area contributed by atoms with Crippen LogP contribution in [0.25, 0.3) is 0 Å². The highest BCUT2D eigenvalue weighted by molar-refractivity contribution is 5.77. The van der Waals surface area contributed by atoms with Crippen LogP contribution in [0.5, 0.6) is 5.75 Å². The molecule has 0 heterocycles. The molecular weight excluding hydrogens is 276 g/mol. The number of benzene rings is 2. The van der Waals surface area contributed by atoms with Crippen LogP contribution in [-0.4, -0.2) is 5.91 Å². The first-order valence-corrected chi connectivity index (χ1v) is 7.09. The third kappa shape index (κ3) is 4.64. The molecule has 2 aromatic carbocycles. The number of rotatable bonds is 6. The number of nitrogens with one attached hydrogen (secondary N) is 1. The number of carbonyl (C=O) groups excluding carboxylic acids is 1. The molecule has 112 valence electrons. The maximum atomic E-state index is 11.3. The number of amides is 1. The molecule has 0 fully saturated rings. The van der Waals surface area contributed by atoms with Crippen LogP contribution in [0.1, 0.15) is 23.1 Å². The standard InChI is InChI=1S/C18H18N2O2/c1-14-5-2-3-7-16(14)13-22-17-8-4-6-15(11-17)12-20-18(21)9-10-19/h2-8,11H,9,12-13H2,1H3,(H,20,21). The first-order chi connectivity index (χ1) is 10.7. The summed E-state index contributed by atoms with van der Waals surface area (Å²) < 4.78 is 5.80. The SMILES string of the molecule is Cc1ccccc1COc1cccc(CNC(=O)CC#N)c1. The lowest BCUT2D eigenvalue weighted by Crippen LogP contribution is -2.21. The lowest BCUT2D eigenvalue weighted by molar-refractivity contribution is -0.120. The van der Waals surface area contributed by atoms with Crippen molar-refractivity contribution in [1.82, 2.24) is 5.32 Å². The summed E-state index contributed by atoms with van der Waals surface area (Å²) in [4.78, 5) is 11.3. The molecule has 0 bridgehead atoms. The zero-order valence-corrected chi connectivity index (χ0v) is 12.5. The molecule has 22 heavy (non-hydrogen) atoms. The van der Waals surface area contributed by atoms with Crippen LogP contribution in [0.15, 0.2) is 48.5 Å². The third-order valence-electron chi connectivity index (χ3n) is 3.28. The van der Waals surface area contributed by atoms with E-state index >= 15 is 0 Å². The quantitative estimate of drug-likeness (QED) is 0.890. The fourth-order valence-electron chi connectivity index (χ4n) is 2.01. The van der Waals surface area contributed by atoms with Gasteiger partial charge in [0.15, 0.2) is 0 Å². The highest BCUT2D eigenvalue weighted by atomic mass is 16.5. The van der Waals surface area contributed by atoms with Crippen molar-refractivity contribution < 1.29 is 9.53 Å². The Labute approximate surface area is 130 Å². The Morgan fingerprint density at radius 1 is 1.23 bits per heavy atom. The molecule has 0 saturated heterocycles. The van der Waals surface area contributed by atoms with Crippen LogP contribution in [-0.2, 0) is 17.9 Å². The third-order valence-corrected chi connectivity index (χ3v) is 3.28. The lowest BCUT2D eigenvalue weighted by Gasteiger charge is -2.10. The maximum absolute atomic E-state index is 11.3. The Morgan fingerprint density at radius 2 is 2.05 bits per heavy atom. The van der Waals surface area contributed by atoms with Gasteiger partial charge in [0.2, 0.25) is 5.91 Å². The van der Waals surface area contributed by atoms with Crippen molar-refractivity contribution in [1.29, 1.82) is 5.26 Å². The molecule has 1 N–H and O–H groups in total. The molecule has 4 nitrogen and oxygen atoms in total. The summed E-state index contributed by atoms with van der Waals surface area (Å²) >= 11 is 0. The summed E-state index contributed by atoms with van der Waals surface area (Å²) in [5.74, 6) is 0.490. The Hall–Kier alpha value is -2.80. The number of nitriles is 1. The summed E-state index contributed by atoms with van der Waals surface area (Å²) in [5.41, 5.74) is 3.28. The molecule has 0 radical (unpaired) electrons. The van der Waals surface area contributed by atoms with E-state index in [1.807, 2.05) is 48.5 Å². The van der Waals surface area contributed by atoms with E-state index in [1.54, 1.807) is 0 Å². The van der Waals surface area contributed by atoms with Gasteiger partial charge in [0.25, 0.3) is 0 Å². The molecule has 0 atom stereocenters. The van der Waals surface area contributed by atoms with Crippen LogP contribution in [0.4, 0.5) is 0 Å². The van der Waals surface area contributed by atoms with Crippen LogP contribution in [0.3, 0.4) is 0 Å². The van der Waals surface area contributed by atoms with Gasteiger partial charge in [-0.1, -0.05) is 36.4 Å². The molecule has 1 amide bonds. The van der Waals surface area contributed by atoms with Gasteiger partial charge in [0.05, 0.1) is 6.07 Å². The molecule has 0 aliphatic carbocycles. The van der Waals surface area contributed by atoms with Crippen molar-refractivity contribution >= 4 is 5.91 Å². The topological polar surface area (TPSA) is 62.1 Å². The highest BCUT2D eigenvalue weighted by Gasteiger charge is 2.02. The minimum absolute atomic E-state index is 0.122. The maximum Gasteiger partial charge on any atom is 0.234 e. The van der Waals surface area contributed by atoms with E-state index in [4.69, 9.17) is 10.00 Å². The number of hydrogen-bond donors (Lipinski definition) is 1. The molecule has 2 rings (SSSR count). The summed E-state index contributed by atoms with van der Waals surface area (Å²) in [6, 6.07) is 17.5. The number of carbonyl (C=O) groups is 1. The fourth-order valence-corrected chi connectivity index (χ4v) is 2.01. The fraction of sp³-hybridized carbons (Fsp3) is 0.222. The van der Waals surface area contributed by atoms with Gasteiger partial charge in [-0.05, 0) is 35.7 Å². The van der Waals surface area contributed by atoms with E-state index in [0.717, 1.165) is 16.9 Å². The molecule has 0 saturated carbocycles. The Kier molecular flexibility index (Phi) is 5.56. The Bertz CT molecular complexity index is 689. The van der Waals surface area contributed by atoms with Gasteiger partial charge in [-0.2, -0.15) is 5.26 Å². The van der Waals surface area contributed by atoms with Gasteiger partial charge in [0, 0.05) is 6.54 Å². The molecule has 0 aliphatic heterocycles. The lowest BCUT2D eigenvalue weighted by atomic mass is 10.1. The predicted molar refractivity (Wildman–Crippen MR) is 84.0 cm³/mol. The van der Waals surface area contributed by atoms with Crippen LogP contribution in [0.2, 0.25) is 0 Å². The molecule has 0 unspecified atom stereocenters. The van der Waals surface area contributed by atoms with E-state index in [0.29, 0.717) is 13.2 Å². The van der Waals surface area contributed by atoms with E-state index < -0.39 is 0 Å². The second-order valence-electron chi connectivity index (χ2n) is 4.97. The van der Waals surface area contributed by atoms with Crippen LogP contribution >= 0.6 is 0 Å². The van der Waals surface area contributed by atoms with Crippen molar-refractivity contribution in [3.05, 3.63) is 65.2 Å². The first kappa shape index (κ1) is 15.6. The number of hydrogen-bond acceptors (Lipinski definition) is 3. The van der Waals surface area contributed by atoms with Gasteiger partial charge in [-0.3, -0.25) is 4.79 Å². The molecule has 4 heteroatoms. The molecule has 0 aromatic heterocycles. The molecular formula is C18H18N2O2. The molecule has 2 aromatic rings. The van der Waals surface area contributed by atoms with Crippen LogP contribution < -0.4 is 10.1 Å². The summed E-state index contributed by atoms with van der Waals surface area (Å²) in [6.07, 6.45) is -0.122.